The Balaban J connectivity index is 2.17. The molecule has 1 rings (SSSR count). The van der Waals surface area contributed by atoms with Crippen molar-refractivity contribution in [1.82, 2.24) is 0 Å². The van der Waals surface area contributed by atoms with Gasteiger partial charge in [-0.1, -0.05) is 87.6 Å². The van der Waals surface area contributed by atoms with Crippen molar-refractivity contribution in [3.63, 3.8) is 0 Å². The first-order chi connectivity index (χ1) is 9.76. The van der Waals surface area contributed by atoms with Crippen LogP contribution >= 0.6 is 15.9 Å². The molecule has 0 N–H and O–H groups in total. The largest absolute Gasteiger partial charge is 0.0922 e. The summed E-state index contributed by atoms with van der Waals surface area (Å²) in [6.07, 6.45) is 20.4. The quantitative estimate of drug-likeness (QED) is 0.269. The molecule has 1 saturated carbocycles. The third-order valence-electron chi connectivity index (χ3n) is 5.48. The van der Waals surface area contributed by atoms with Crippen molar-refractivity contribution < 1.29 is 0 Å². The average molecular weight is 345 g/mol. The lowest BCUT2D eigenvalue weighted by atomic mass is 9.68. The summed E-state index contributed by atoms with van der Waals surface area (Å²) < 4.78 is 0. The normalized spacial score (nSPS) is 26.9. The number of rotatable bonds is 11. The molecule has 1 heteroatoms. The minimum Gasteiger partial charge on any atom is -0.0922 e. The van der Waals surface area contributed by atoms with E-state index >= 15 is 0 Å². The summed E-state index contributed by atoms with van der Waals surface area (Å²) in [6, 6.07) is 0. The predicted octanol–water partition coefficient (Wildman–Crippen LogP) is 7.50. The molecule has 0 aromatic carbocycles. The fourth-order valence-corrected chi connectivity index (χ4v) is 4.64. The molecule has 0 aromatic heterocycles. The van der Waals surface area contributed by atoms with Crippen LogP contribution in [0.4, 0.5) is 0 Å². The molecule has 0 unspecified atom stereocenters. The molecule has 0 saturated heterocycles. The Morgan fingerprint density at radius 3 is 2.05 bits per heavy atom. The summed E-state index contributed by atoms with van der Waals surface area (Å²) in [4.78, 5) is 0. The standard InChI is InChI=1S/C19H37Br/c1-3-5-7-8-9-10-14-19(17-20)15-12-18(13-16-19)11-6-4-2/h18H,3-17H2,1-2H3. The van der Waals surface area contributed by atoms with Gasteiger partial charge in [0, 0.05) is 5.33 Å². The van der Waals surface area contributed by atoms with Crippen LogP contribution in [0.5, 0.6) is 0 Å². The predicted molar refractivity (Wildman–Crippen MR) is 95.7 cm³/mol. The molecule has 0 aromatic rings. The van der Waals surface area contributed by atoms with Gasteiger partial charge >= 0.3 is 0 Å². The van der Waals surface area contributed by atoms with Crippen LogP contribution in [0.15, 0.2) is 0 Å². The fourth-order valence-electron chi connectivity index (χ4n) is 3.80. The Morgan fingerprint density at radius 2 is 1.45 bits per heavy atom. The van der Waals surface area contributed by atoms with Crippen LogP contribution in [0.3, 0.4) is 0 Å². The Kier molecular flexibility index (Phi) is 10.3. The van der Waals surface area contributed by atoms with Gasteiger partial charge in [0.25, 0.3) is 0 Å². The molecule has 0 spiro atoms. The highest BCUT2D eigenvalue weighted by Gasteiger charge is 2.33. The van der Waals surface area contributed by atoms with E-state index in [1.165, 1.54) is 95.2 Å². The smallest absolute Gasteiger partial charge is 0.00879 e. The summed E-state index contributed by atoms with van der Waals surface area (Å²) >= 11 is 3.83. The van der Waals surface area contributed by atoms with Gasteiger partial charge in [0.1, 0.15) is 0 Å². The van der Waals surface area contributed by atoms with Gasteiger partial charge in [0.05, 0.1) is 0 Å². The molecular formula is C19H37Br. The lowest BCUT2D eigenvalue weighted by molar-refractivity contribution is 0.153. The van der Waals surface area contributed by atoms with Gasteiger partial charge in [0.15, 0.2) is 0 Å². The first kappa shape index (κ1) is 18.5. The van der Waals surface area contributed by atoms with Gasteiger partial charge in [-0.15, -0.1) is 0 Å². The van der Waals surface area contributed by atoms with E-state index in [-0.39, 0.29) is 0 Å². The van der Waals surface area contributed by atoms with E-state index < -0.39 is 0 Å². The third kappa shape index (κ3) is 6.96. The van der Waals surface area contributed by atoms with Crippen molar-refractivity contribution in [2.75, 3.05) is 5.33 Å². The van der Waals surface area contributed by atoms with E-state index in [0.29, 0.717) is 5.41 Å². The van der Waals surface area contributed by atoms with Crippen LogP contribution in [-0.2, 0) is 0 Å². The maximum atomic E-state index is 3.83. The van der Waals surface area contributed by atoms with Crippen molar-refractivity contribution >= 4 is 15.9 Å². The van der Waals surface area contributed by atoms with Crippen LogP contribution in [0, 0.1) is 11.3 Å². The fraction of sp³-hybridized carbons (Fsp3) is 1.00. The monoisotopic (exact) mass is 344 g/mol. The zero-order valence-electron chi connectivity index (χ0n) is 14.1. The summed E-state index contributed by atoms with van der Waals surface area (Å²) in [5.41, 5.74) is 0.660. The maximum Gasteiger partial charge on any atom is 0.00879 e. The number of hydrogen-bond donors (Lipinski definition) is 0. The number of alkyl halides is 1. The van der Waals surface area contributed by atoms with Crippen LogP contribution in [0.1, 0.15) is 104 Å². The Morgan fingerprint density at radius 1 is 0.850 bits per heavy atom. The van der Waals surface area contributed by atoms with Crippen LogP contribution in [0.25, 0.3) is 0 Å². The van der Waals surface area contributed by atoms with E-state index in [4.69, 9.17) is 0 Å². The lowest BCUT2D eigenvalue weighted by Crippen LogP contribution is -2.29. The molecule has 0 amide bonds. The molecular weight excluding hydrogens is 308 g/mol. The highest BCUT2D eigenvalue weighted by atomic mass is 79.9. The van der Waals surface area contributed by atoms with Crippen LogP contribution in [0.2, 0.25) is 0 Å². The van der Waals surface area contributed by atoms with E-state index in [9.17, 15) is 0 Å². The van der Waals surface area contributed by atoms with Crippen LogP contribution in [-0.4, -0.2) is 5.33 Å². The molecule has 1 aliphatic carbocycles. The summed E-state index contributed by atoms with van der Waals surface area (Å²) in [5.74, 6) is 1.05. The second-order valence-electron chi connectivity index (χ2n) is 7.24. The summed E-state index contributed by atoms with van der Waals surface area (Å²) in [5, 5.41) is 1.25. The van der Waals surface area contributed by atoms with Crippen molar-refractivity contribution in [2.45, 2.75) is 104 Å². The molecule has 0 bridgehead atoms. The second-order valence-corrected chi connectivity index (χ2v) is 7.80. The second kappa shape index (κ2) is 11.1. The van der Waals surface area contributed by atoms with E-state index in [1.807, 2.05) is 0 Å². The Hall–Kier alpha value is 0.480. The minimum atomic E-state index is 0.660. The molecule has 0 aliphatic heterocycles. The highest BCUT2D eigenvalue weighted by Crippen LogP contribution is 2.45. The molecule has 1 aliphatic rings. The summed E-state index contributed by atoms with van der Waals surface area (Å²) in [6.45, 7) is 4.63. The van der Waals surface area contributed by atoms with Gasteiger partial charge < -0.3 is 0 Å². The molecule has 0 nitrogen and oxygen atoms in total. The van der Waals surface area contributed by atoms with E-state index in [2.05, 4.69) is 29.8 Å². The van der Waals surface area contributed by atoms with E-state index in [0.717, 1.165) is 5.92 Å². The van der Waals surface area contributed by atoms with Gasteiger partial charge in [-0.25, -0.2) is 0 Å². The van der Waals surface area contributed by atoms with Crippen molar-refractivity contribution in [2.24, 2.45) is 11.3 Å². The first-order valence-electron chi connectivity index (χ1n) is 9.32. The topological polar surface area (TPSA) is 0 Å². The first-order valence-corrected chi connectivity index (χ1v) is 10.4. The van der Waals surface area contributed by atoms with Gasteiger partial charge in [-0.2, -0.15) is 0 Å². The van der Waals surface area contributed by atoms with Gasteiger partial charge in [-0.3, -0.25) is 0 Å². The van der Waals surface area contributed by atoms with Crippen molar-refractivity contribution in [1.29, 1.82) is 0 Å². The Labute approximate surface area is 136 Å². The molecule has 20 heavy (non-hydrogen) atoms. The number of unbranched alkanes of at least 4 members (excludes halogenated alkanes) is 6. The van der Waals surface area contributed by atoms with Crippen LogP contribution < -0.4 is 0 Å². The SMILES string of the molecule is CCCCCCCCC1(CBr)CCC(CCCC)CC1. The average Bonchev–Trinajstić information content (AvgIpc) is 2.50. The molecule has 0 heterocycles. The number of hydrogen-bond acceptors (Lipinski definition) is 0. The molecule has 1 fully saturated rings. The highest BCUT2D eigenvalue weighted by molar-refractivity contribution is 9.09. The Bertz CT molecular complexity index is 216. The zero-order valence-corrected chi connectivity index (χ0v) is 15.6. The van der Waals surface area contributed by atoms with Crippen molar-refractivity contribution in [3.8, 4) is 0 Å². The minimum absolute atomic E-state index is 0.660. The summed E-state index contributed by atoms with van der Waals surface area (Å²) in [7, 11) is 0. The van der Waals surface area contributed by atoms with E-state index in [1.54, 1.807) is 0 Å². The molecule has 0 atom stereocenters. The number of halogens is 1. The third-order valence-corrected chi connectivity index (χ3v) is 6.67. The molecule has 0 radical (unpaired) electrons. The maximum absolute atomic E-state index is 3.83. The zero-order chi connectivity index (χ0) is 14.7. The van der Waals surface area contributed by atoms with Crippen molar-refractivity contribution in [3.05, 3.63) is 0 Å². The van der Waals surface area contributed by atoms with Gasteiger partial charge in [0.2, 0.25) is 0 Å². The van der Waals surface area contributed by atoms with Gasteiger partial charge in [-0.05, 0) is 43.4 Å². The lowest BCUT2D eigenvalue weighted by Gasteiger charge is -2.39. The molecule has 120 valence electrons.